The number of nitrogens with zero attached hydrogens (tertiary/aromatic N) is 1. The highest BCUT2D eigenvalue weighted by atomic mass is 16.1. The Labute approximate surface area is 82.6 Å². The van der Waals surface area contributed by atoms with Crippen LogP contribution in [-0.2, 0) is 6.42 Å². The molecule has 1 aliphatic carbocycles. The summed E-state index contributed by atoms with van der Waals surface area (Å²) in [5.41, 5.74) is 9.83. The Hall–Kier alpha value is -1.64. The van der Waals surface area contributed by atoms with Gasteiger partial charge in [-0.3, -0.25) is 4.79 Å². The number of primary amides is 1. The van der Waals surface area contributed by atoms with Gasteiger partial charge in [-0.05, 0) is 43.0 Å². The van der Waals surface area contributed by atoms with Crippen LogP contribution in [-0.4, -0.2) is 10.9 Å². The first-order valence-corrected chi connectivity index (χ1v) is 4.57. The van der Waals surface area contributed by atoms with Gasteiger partial charge >= 0.3 is 0 Å². The van der Waals surface area contributed by atoms with Crippen LogP contribution in [0.15, 0.2) is 12.1 Å². The highest BCUT2D eigenvalue weighted by molar-refractivity contribution is 5.94. The molecule has 0 unspecified atom stereocenters. The SMILES string of the molecule is CC1=CCc2c1cc(C)nc2C(N)=O. The average molecular weight is 188 g/mol. The molecule has 0 atom stereocenters. The van der Waals surface area contributed by atoms with Gasteiger partial charge in [0.15, 0.2) is 0 Å². The summed E-state index contributed by atoms with van der Waals surface area (Å²) in [6.07, 6.45) is 2.87. The van der Waals surface area contributed by atoms with Crippen LogP contribution in [0.3, 0.4) is 0 Å². The first-order valence-electron chi connectivity index (χ1n) is 4.57. The largest absolute Gasteiger partial charge is 0.364 e. The number of aromatic nitrogens is 1. The van der Waals surface area contributed by atoms with Crippen molar-refractivity contribution in [3.8, 4) is 0 Å². The second-order valence-corrected chi connectivity index (χ2v) is 3.59. The van der Waals surface area contributed by atoms with Crippen LogP contribution in [0.4, 0.5) is 0 Å². The third-order valence-corrected chi connectivity index (χ3v) is 2.52. The number of pyridine rings is 1. The molecule has 0 saturated carbocycles. The van der Waals surface area contributed by atoms with Gasteiger partial charge in [0.1, 0.15) is 5.69 Å². The Morgan fingerprint density at radius 1 is 1.50 bits per heavy atom. The number of rotatable bonds is 1. The van der Waals surface area contributed by atoms with E-state index in [1.165, 1.54) is 5.57 Å². The van der Waals surface area contributed by atoms with Gasteiger partial charge in [-0.25, -0.2) is 4.98 Å². The minimum atomic E-state index is -0.437. The molecule has 72 valence electrons. The molecule has 1 aromatic rings. The van der Waals surface area contributed by atoms with Crippen molar-refractivity contribution in [3.63, 3.8) is 0 Å². The zero-order chi connectivity index (χ0) is 10.3. The van der Waals surface area contributed by atoms with E-state index >= 15 is 0 Å². The zero-order valence-corrected chi connectivity index (χ0v) is 8.29. The molecule has 0 radical (unpaired) electrons. The number of amides is 1. The van der Waals surface area contributed by atoms with E-state index in [-0.39, 0.29) is 0 Å². The maximum absolute atomic E-state index is 11.2. The van der Waals surface area contributed by atoms with Gasteiger partial charge in [-0.1, -0.05) is 6.08 Å². The molecule has 2 rings (SSSR count). The van der Waals surface area contributed by atoms with Crippen molar-refractivity contribution in [2.24, 2.45) is 5.73 Å². The number of fused-ring (bicyclic) bond motifs is 1. The fourth-order valence-electron chi connectivity index (χ4n) is 1.83. The van der Waals surface area contributed by atoms with E-state index in [4.69, 9.17) is 5.73 Å². The molecule has 0 spiro atoms. The first kappa shape index (κ1) is 8.94. The van der Waals surface area contributed by atoms with E-state index in [1.807, 2.05) is 19.9 Å². The molecule has 2 N–H and O–H groups in total. The highest BCUT2D eigenvalue weighted by Crippen LogP contribution is 2.29. The lowest BCUT2D eigenvalue weighted by molar-refractivity contribution is 0.0994. The van der Waals surface area contributed by atoms with Crippen molar-refractivity contribution >= 4 is 11.5 Å². The number of aryl methyl sites for hydroxylation is 1. The molecule has 1 aromatic heterocycles. The normalized spacial score (nSPS) is 13.7. The molecule has 0 aromatic carbocycles. The van der Waals surface area contributed by atoms with Crippen LogP contribution in [0.25, 0.3) is 5.57 Å². The molecule has 1 aliphatic rings. The third kappa shape index (κ3) is 1.21. The van der Waals surface area contributed by atoms with Gasteiger partial charge in [-0.2, -0.15) is 0 Å². The number of carbonyl (C=O) groups excluding carboxylic acids is 1. The fourth-order valence-corrected chi connectivity index (χ4v) is 1.83. The van der Waals surface area contributed by atoms with Crippen LogP contribution in [0.5, 0.6) is 0 Å². The van der Waals surface area contributed by atoms with Crippen LogP contribution >= 0.6 is 0 Å². The smallest absolute Gasteiger partial charge is 0.267 e. The molecule has 0 bridgehead atoms. The Balaban J connectivity index is 2.67. The van der Waals surface area contributed by atoms with E-state index in [0.717, 1.165) is 23.2 Å². The van der Waals surface area contributed by atoms with Crippen molar-refractivity contribution in [3.05, 3.63) is 34.7 Å². The third-order valence-electron chi connectivity index (χ3n) is 2.52. The van der Waals surface area contributed by atoms with Crippen LogP contribution in [0.1, 0.15) is 34.2 Å². The second-order valence-electron chi connectivity index (χ2n) is 3.59. The maximum atomic E-state index is 11.2. The summed E-state index contributed by atoms with van der Waals surface area (Å²) in [6.45, 7) is 3.91. The van der Waals surface area contributed by atoms with Gasteiger partial charge in [-0.15, -0.1) is 0 Å². The summed E-state index contributed by atoms with van der Waals surface area (Å²) in [6, 6.07) is 2.00. The quantitative estimate of drug-likeness (QED) is 0.725. The number of hydrogen-bond donors (Lipinski definition) is 1. The Kier molecular flexibility index (Phi) is 1.88. The second kappa shape index (κ2) is 2.94. The predicted molar refractivity (Wildman–Crippen MR) is 54.8 cm³/mol. The summed E-state index contributed by atoms with van der Waals surface area (Å²) >= 11 is 0. The van der Waals surface area contributed by atoms with E-state index < -0.39 is 5.91 Å². The summed E-state index contributed by atoms with van der Waals surface area (Å²) in [7, 11) is 0. The van der Waals surface area contributed by atoms with Gasteiger partial charge in [0, 0.05) is 5.69 Å². The lowest BCUT2D eigenvalue weighted by Gasteiger charge is -2.06. The molecule has 1 heterocycles. The summed E-state index contributed by atoms with van der Waals surface area (Å²) in [5.74, 6) is -0.437. The molecular weight excluding hydrogens is 176 g/mol. The van der Waals surface area contributed by atoms with Crippen molar-refractivity contribution in [1.82, 2.24) is 4.98 Å². The van der Waals surface area contributed by atoms with Crippen molar-refractivity contribution in [2.45, 2.75) is 20.3 Å². The molecule has 14 heavy (non-hydrogen) atoms. The minimum absolute atomic E-state index is 0.424. The Morgan fingerprint density at radius 2 is 2.21 bits per heavy atom. The highest BCUT2D eigenvalue weighted by Gasteiger charge is 2.19. The standard InChI is InChI=1S/C11H12N2O/c1-6-3-4-8-9(6)5-7(2)13-10(8)11(12)14/h3,5H,4H2,1-2H3,(H2,12,14). The number of allylic oxidation sites excluding steroid dienone is 2. The number of nitrogens with two attached hydrogens (primary N) is 1. The predicted octanol–water partition coefficient (Wildman–Crippen LogP) is 1.45. The van der Waals surface area contributed by atoms with E-state index in [9.17, 15) is 4.79 Å². The summed E-state index contributed by atoms with van der Waals surface area (Å²) in [4.78, 5) is 15.3. The average Bonchev–Trinajstić information content (AvgIpc) is 2.47. The van der Waals surface area contributed by atoms with Crippen LogP contribution < -0.4 is 5.73 Å². The molecule has 3 heteroatoms. The van der Waals surface area contributed by atoms with Crippen molar-refractivity contribution in [2.75, 3.05) is 0 Å². The summed E-state index contributed by atoms with van der Waals surface area (Å²) < 4.78 is 0. The maximum Gasteiger partial charge on any atom is 0.267 e. The zero-order valence-electron chi connectivity index (χ0n) is 8.29. The van der Waals surface area contributed by atoms with Crippen molar-refractivity contribution in [1.29, 1.82) is 0 Å². The lowest BCUT2D eigenvalue weighted by Crippen LogP contribution is -2.16. The lowest BCUT2D eigenvalue weighted by atomic mass is 10.0. The molecule has 0 aliphatic heterocycles. The van der Waals surface area contributed by atoms with Gasteiger partial charge in [0.05, 0.1) is 0 Å². The van der Waals surface area contributed by atoms with Crippen LogP contribution in [0.2, 0.25) is 0 Å². The molecule has 0 saturated heterocycles. The molecule has 3 nitrogen and oxygen atoms in total. The topological polar surface area (TPSA) is 56.0 Å². The summed E-state index contributed by atoms with van der Waals surface area (Å²) in [5, 5.41) is 0. The Morgan fingerprint density at radius 3 is 2.86 bits per heavy atom. The van der Waals surface area contributed by atoms with Crippen LogP contribution in [0, 0.1) is 6.92 Å². The molecule has 1 amide bonds. The first-order chi connectivity index (χ1) is 6.59. The minimum Gasteiger partial charge on any atom is -0.364 e. The van der Waals surface area contributed by atoms with E-state index in [0.29, 0.717) is 5.69 Å². The van der Waals surface area contributed by atoms with E-state index in [1.54, 1.807) is 0 Å². The molecule has 0 fully saturated rings. The number of carbonyl (C=O) groups is 1. The van der Waals surface area contributed by atoms with Gasteiger partial charge < -0.3 is 5.73 Å². The Bertz CT molecular complexity index is 447. The van der Waals surface area contributed by atoms with Gasteiger partial charge in [0.25, 0.3) is 5.91 Å². The monoisotopic (exact) mass is 188 g/mol. The number of hydrogen-bond acceptors (Lipinski definition) is 2. The van der Waals surface area contributed by atoms with E-state index in [2.05, 4.69) is 11.1 Å². The molecular formula is C11H12N2O. The fraction of sp³-hybridized carbons (Fsp3) is 0.273. The van der Waals surface area contributed by atoms with Crippen molar-refractivity contribution < 1.29 is 4.79 Å². The van der Waals surface area contributed by atoms with Gasteiger partial charge in [0.2, 0.25) is 0 Å².